The van der Waals surface area contributed by atoms with E-state index in [0.29, 0.717) is 0 Å². The topological polar surface area (TPSA) is 21.3 Å². The van der Waals surface area contributed by atoms with E-state index >= 15 is 0 Å². The molecule has 0 aromatic carbocycles. The zero-order valence-corrected chi connectivity index (χ0v) is 3.13. The number of hydrogen-bond donors (Lipinski definition) is 1. The van der Waals surface area contributed by atoms with E-state index in [9.17, 15) is 0 Å². The van der Waals surface area contributed by atoms with E-state index in [0.717, 1.165) is 0 Å². The van der Waals surface area contributed by atoms with E-state index in [1.807, 2.05) is 0 Å². The third kappa shape index (κ3) is 14.0. The van der Waals surface area contributed by atoms with Crippen LogP contribution in [0.25, 0.3) is 0 Å². The quantitative estimate of drug-likeness (QED) is 0.479. The summed E-state index contributed by atoms with van der Waals surface area (Å²) in [5.41, 5.74) is 1.40. The number of hydroxylamine groups is 1. The van der Waals surface area contributed by atoms with Crippen molar-refractivity contribution in [3.63, 3.8) is 0 Å². The van der Waals surface area contributed by atoms with E-state index in [1.54, 1.807) is 0 Å². The van der Waals surface area contributed by atoms with E-state index < -0.39 is 14.0 Å². The lowest BCUT2D eigenvalue weighted by Gasteiger charge is -1.80. The zero-order valence-electron chi connectivity index (χ0n) is 8.32. The highest BCUT2D eigenvalue weighted by atomic mass is 35.5. The van der Waals surface area contributed by atoms with Gasteiger partial charge in [0.25, 0.3) is 0 Å². The van der Waals surface area contributed by atoms with Crippen molar-refractivity contribution in [1.29, 1.82) is 0 Å². The fourth-order valence-corrected chi connectivity index (χ4v) is 0. The van der Waals surface area contributed by atoms with Crippen LogP contribution in [0.1, 0.15) is 8.22 Å². The van der Waals surface area contributed by atoms with Gasteiger partial charge in [-0.3, -0.25) is 0 Å². The molecule has 0 spiro atoms. The molecule has 34 valence electrons. The highest BCUT2D eigenvalue weighted by Gasteiger charge is 1.45. The molecule has 0 saturated carbocycles. The molecule has 0 fully saturated rings. The minimum absolute atomic E-state index is 0. The second-order valence-electron chi connectivity index (χ2n) is 0.204. The van der Waals surface area contributed by atoms with Gasteiger partial charge in [-0.25, -0.2) is 5.48 Å². The van der Waals surface area contributed by atoms with E-state index in [-0.39, 0.29) is 12.4 Å². The fourth-order valence-electron chi connectivity index (χ4n) is 0. The summed E-state index contributed by atoms with van der Waals surface area (Å²) in [4.78, 5) is 3.78. The van der Waals surface area contributed by atoms with Crippen LogP contribution in [-0.2, 0) is 4.84 Å². The van der Waals surface area contributed by atoms with Gasteiger partial charge in [0.2, 0.25) is 0 Å². The van der Waals surface area contributed by atoms with Crippen molar-refractivity contribution in [2.75, 3.05) is 14.0 Å². The van der Waals surface area contributed by atoms with Gasteiger partial charge in [0.05, 0.1) is 11.2 Å². The summed E-state index contributed by atoms with van der Waals surface area (Å²) in [7, 11) is -2.71. The Hall–Kier alpha value is 0.210. The number of nitrogens with one attached hydrogen (secondary N) is 1. The Morgan fingerprint density at radius 1 is 2.00 bits per heavy atom. The fraction of sp³-hybridized carbons (Fsp3) is 1.00. The molecular formula is C2H8ClNO. The van der Waals surface area contributed by atoms with Gasteiger partial charge < -0.3 is 4.84 Å². The van der Waals surface area contributed by atoms with Crippen LogP contribution < -0.4 is 5.48 Å². The van der Waals surface area contributed by atoms with Crippen LogP contribution in [0.5, 0.6) is 0 Å². The van der Waals surface area contributed by atoms with E-state index in [2.05, 4.69) is 4.84 Å². The third-order valence-electron chi connectivity index (χ3n) is 0.0510. The highest BCUT2D eigenvalue weighted by Crippen LogP contribution is 1.32. The van der Waals surface area contributed by atoms with Crippen LogP contribution in [0.4, 0.5) is 0 Å². The van der Waals surface area contributed by atoms with Crippen molar-refractivity contribution in [3.05, 3.63) is 0 Å². The highest BCUT2D eigenvalue weighted by molar-refractivity contribution is 5.85. The van der Waals surface area contributed by atoms with E-state index in [4.69, 9.17) is 8.22 Å². The molecular weight excluding hydrogens is 89.5 g/mol. The predicted molar refractivity (Wildman–Crippen MR) is 23.3 cm³/mol. The summed E-state index contributed by atoms with van der Waals surface area (Å²) in [5.74, 6) is 0. The molecule has 0 aliphatic rings. The first-order chi connectivity index (χ1) is 4.21. The average molecular weight is 104 g/mol. The number of hydrogen-bond acceptors (Lipinski definition) is 2. The molecule has 5 heavy (non-hydrogen) atoms. The van der Waals surface area contributed by atoms with Crippen LogP contribution in [0.2, 0.25) is 0 Å². The minimum atomic E-state index is -2.71. The van der Waals surface area contributed by atoms with Gasteiger partial charge in [-0.2, -0.15) is 0 Å². The van der Waals surface area contributed by atoms with Gasteiger partial charge in [-0.1, -0.05) is 0 Å². The van der Waals surface area contributed by atoms with Gasteiger partial charge in [0.1, 0.15) is 0 Å². The summed E-state index contributed by atoms with van der Waals surface area (Å²) in [5, 5.41) is 0. The molecule has 1 N–H and O–H groups in total. The maximum Gasteiger partial charge on any atom is 0.0572 e. The molecule has 3 heteroatoms. The summed E-state index contributed by atoms with van der Waals surface area (Å²) >= 11 is 0. The Labute approximate surface area is 46.3 Å². The second-order valence-corrected chi connectivity index (χ2v) is 0.204. The van der Waals surface area contributed by atoms with Crippen LogP contribution in [0.15, 0.2) is 0 Å². The Kier molecular flexibility index (Phi) is 1.93. The molecule has 0 aliphatic carbocycles. The Morgan fingerprint density at radius 2 is 2.80 bits per heavy atom. The van der Waals surface area contributed by atoms with Crippen molar-refractivity contribution < 1.29 is 13.1 Å². The number of rotatable bonds is 1. The first-order valence-corrected chi connectivity index (χ1v) is 0.658. The van der Waals surface area contributed by atoms with Gasteiger partial charge in [-0.05, 0) is 0 Å². The number of halogens is 1. The molecule has 0 aliphatic heterocycles. The van der Waals surface area contributed by atoms with Crippen LogP contribution >= 0.6 is 12.4 Å². The van der Waals surface area contributed by atoms with Crippen LogP contribution in [0, 0.1) is 0 Å². The Balaban J connectivity index is 0. The van der Waals surface area contributed by atoms with Gasteiger partial charge >= 0.3 is 0 Å². The zero-order chi connectivity index (χ0) is 8.41. The summed E-state index contributed by atoms with van der Waals surface area (Å²) in [6, 6.07) is 0. The minimum Gasteiger partial charge on any atom is -0.305 e. The predicted octanol–water partition coefficient (Wildman–Crippen LogP) is 0.189. The van der Waals surface area contributed by atoms with Crippen molar-refractivity contribution in [2.24, 2.45) is 0 Å². The first kappa shape index (κ1) is 1.09. The lowest BCUT2D eigenvalue weighted by Crippen LogP contribution is -2.00. The second kappa shape index (κ2) is 8.88. The largest absolute Gasteiger partial charge is 0.305 e. The maximum atomic E-state index is 6.46. The van der Waals surface area contributed by atoms with Crippen LogP contribution in [0.3, 0.4) is 0 Å². The monoisotopic (exact) mass is 103 g/mol. The van der Waals surface area contributed by atoms with Gasteiger partial charge in [0.15, 0.2) is 0 Å². The lowest BCUT2D eigenvalue weighted by atomic mass is 11.5. The molecule has 0 aromatic rings. The van der Waals surface area contributed by atoms with Crippen molar-refractivity contribution in [1.82, 2.24) is 5.48 Å². The van der Waals surface area contributed by atoms with Gasteiger partial charge in [0, 0.05) is 11.1 Å². The molecule has 0 unspecified atom stereocenters. The first-order valence-electron chi connectivity index (χ1n) is 3.66. The third-order valence-corrected chi connectivity index (χ3v) is 0.0510. The summed E-state index contributed by atoms with van der Waals surface area (Å²) in [6.45, 7) is -2.58. The molecule has 0 rings (SSSR count). The SMILES string of the molecule is Cl.[2H]C([2H])([2H])NOC([2H])([2H])[2H]. The maximum absolute atomic E-state index is 6.46. The molecule has 0 radical (unpaired) electrons. The summed E-state index contributed by atoms with van der Waals surface area (Å²) < 4.78 is 38.6. The smallest absolute Gasteiger partial charge is 0.0572 e. The normalized spacial score (nSPS) is 28.8. The lowest BCUT2D eigenvalue weighted by molar-refractivity contribution is 0.112. The van der Waals surface area contributed by atoms with Crippen molar-refractivity contribution in [3.8, 4) is 0 Å². The molecule has 0 bridgehead atoms. The molecule has 2 nitrogen and oxygen atoms in total. The standard InChI is InChI=1S/C2H7NO.ClH/c1-3-4-2;/h3H,1-2H3;1H/i1D3,2D3;. The average Bonchev–Trinajstić information content (AvgIpc) is 1.57. The molecule has 0 atom stereocenters. The van der Waals surface area contributed by atoms with Crippen LogP contribution in [-0.4, -0.2) is 14.0 Å². The molecule has 0 aromatic heterocycles. The Morgan fingerprint density at radius 3 is 3.00 bits per heavy atom. The summed E-state index contributed by atoms with van der Waals surface area (Å²) in [6.07, 6.45) is 0. The molecule has 0 amide bonds. The van der Waals surface area contributed by atoms with Crippen molar-refractivity contribution in [2.45, 2.75) is 0 Å². The molecule has 0 heterocycles. The van der Waals surface area contributed by atoms with E-state index in [1.165, 1.54) is 5.48 Å². The van der Waals surface area contributed by atoms with Crippen molar-refractivity contribution >= 4 is 12.4 Å². The molecule has 0 saturated heterocycles. The Bertz CT molecular complexity index is 94.1. The van der Waals surface area contributed by atoms with Gasteiger partial charge in [-0.15, -0.1) is 12.4 Å².